The minimum Gasteiger partial charge on any atom is -0.399 e. The van der Waals surface area contributed by atoms with Crippen LogP contribution in [0.1, 0.15) is 42.0 Å². The maximum Gasteiger partial charge on any atom is 0.220 e. The molecule has 1 aromatic heterocycles. The molecule has 0 saturated carbocycles. The van der Waals surface area contributed by atoms with Gasteiger partial charge >= 0.3 is 0 Å². The first-order valence-corrected chi connectivity index (χ1v) is 9.46. The third kappa shape index (κ3) is 4.03. The summed E-state index contributed by atoms with van der Waals surface area (Å²) >= 11 is 0. The summed E-state index contributed by atoms with van der Waals surface area (Å²) in [5.41, 5.74) is 11.2. The number of nitrogens with zero attached hydrogens (tertiary/aromatic N) is 2. The lowest BCUT2D eigenvalue weighted by Gasteiger charge is -2.26. The first-order chi connectivity index (χ1) is 13.2. The van der Waals surface area contributed by atoms with Gasteiger partial charge in [0.1, 0.15) is 0 Å². The summed E-state index contributed by atoms with van der Waals surface area (Å²) in [5.74, 6) is 0.0807. The van der Waals surface area contributed by atoms with Crippen LogP contribution in [0, 0.1) is 0 Å². The summed E-state index contributed by atoms with van der Waals surface area (Å²) in [6.45, 7) is 0. The van der Waals surface area contributed by atoms with E-state index in [0.717, 1.165) is 36.2 Å². The van der Waals surface area contributed by atoms with Gasteiger partial charge in [-0.25, -0.2) is 4.68 Å². The van der Waals surface area contributed by atoms with Gasteiger partial charge in [-0.1, -0.05) is 24.3 Å². The minimum atomic E-state index is 0.0807. The standard InChI is InChI=1S/C22H24N4O/c23-18-10-11-20-17(13-18)5-4-8-21(20)25-22(27)12-9-16-14-24-26(15-16)19-6-2-1-3-7-19/h1-3,6-7,10-11,13-15,21H,4-5,8-9,12,23H2,(H,25,27). The molecule has 1 atom stereocenters. The second-order valence-electron chi connectivity index (χ2n) is 7.10. The van der Waals surface area contributed by atoms with Crippen molar-refractivity contribution in [3.05, 3.63) is 77.6 Å². The Kier molecular flexibility index (Phi) is 4.92. The van der Waals surface area contributed by atoms with E-state index in [0.29, 0.717) is 12.8 Å². The van der Waals surface area contributed by atoms with Crippen molar-refractivity contribution in [1.29, 1.82) is 0 Å². The molecule has 0 saturated heterocycles. The van der Waals surface area contributed by atoms with Gasteiger partial charge in [0.15, 0.2) is 0 Å². The topological polar surface area (TPSA) is 72.9 Å². The summed E-state index contributed by atoms with van der Waals surface area (Å²) in [5, 5.41) is 7.59. The van der Waals surface area contributed by atoms with Crippen molar-refractivity contribution in [3.63, 3.8) is 0 Å². The number of anilines is 1. The molecule has 27 heavy (non-hydrogen) atoms. The molecule has 0 spiro atoms. The molecule has 1 aliphatic rings. The summed E-state index contributed by atoms with van der Waals surface area (Å²) in [4.78, 5) is 12.5. The normalized spacial score (nSPS) is 15.9. The van der Waals surface area contributed by atoms with E-state index in [1.54, 1.807) is 0 Å². The van der Waals surface area contributed by atoms with Crippen LogP contribution in [0.3, 0.4) is 0 Å². The van der Waals surface area contributed by atoms with E-state index in [9.17, 15) is 4.79 Å². The van der Waals surface area contributed by atoms with E-state index >= 15 is 0 Å². The van der Waals surface area contributed by atoms with Gasteiger partial charge in [0.2, 0.25) is 5.91 Å². The number of carbonyl (C=O) groups is 1. The van der Waals surface area contributed by atoms with Crippen LogP contribution in [-0.4, -0.2) is 15.7 Å². The SMILES string of the molecule is Nc1ccc2c(c1)CCCC2NC(=O)CCc1cnn(-c2ccccc2)c1. The molecule has 4 rings (SSSR count). The Hall–Kier alpha value is -3.08. The molecule has 0 bridgehead atoms. The van der Waals surface area contributed by atoms with Crippen molar-refractivity contribution in [2.24, 2.45) is 0 Å². The number of para-hydroxylation sites is 1. The van der Waals surface area contributed by atoms with Crippen LogP contribution in [0.5, 0.6) is 0 Å². The molecule has 3 N–H and O–H groups in total. The second kappa shape index (κ2) is 7.66. The highest BCUT2D eigenvalue weighted by Crippen LogP contribution is 2.31. The Labute approximate surface area is 159 Å². The van der Waals surface area contributed by atoms with Crippen LogP contribution in [0.2, 0.25) is 0 Å². The lowest BCUT2D eigenvalue weighted by atomic mass is 9.87. The van der Waals surface area contributed by atoms with Crippen molar-refractivity contribution in [2.45, 2.75) is 38.1 Å². The van der Waals surface area contributed by atoms with E-state index in [1.807, 2.05) is 59.5 Å². The summed E-state index contributed by atoms with van der Waals surface area (Å²) in [6, 6.07) is 16.1. The lowest BCUT2D eigenvalue weighted by Crippen LogP contribution is -2.31. The minimum absolute atomic E-state index is 0.0807. The molecule has 138 valence electrons. The number of carbonyl (C=O) groups excluding carboxylic acids is 1. The van der Waals surface area contributed by atoms with Crippen molar-refractivity contribution in [1.82, 2.24) is 15.1 Å². The van der Waals surface area contributed by atoms with Crippen molar-refractivity contribution in [3.8, 4) is 5.69 Å². The van der Waals surface area contributed by atoms with E-state index in [1.165, 1.54) is 11.1 Å². The van der Waals surface area contributed by atoms with E-state index < -0.39 is 0 Å². The van der Waals surface area contributed by atoms with Gasteiger partial charge in [0.05, 0.1) is 17.9 Å². The van der Waals surface area contributed by atoms with E-state index in [-0.39, 0.29) is 11.9 Å². The number of rotatable bonds is 5. The predicted octanol–water partition coefficient (Wildman–Crippen LogP) is 3.58. The first-order valence-electron chi connectivity index (χ1n) is 9.46. The summed E-state index contributed by atoms with van der Waals surface area (Å²) < 4.78 is 1.84. The Balaban J connectivity index is 1.35. The number of nitrogens with two attached hydrogens (primary N) is 1. The number of hydrogen-bond donors (Lipinski definition) is 2. The highest BCUT2D eigenvalue weighted by Gasteiger charge is 2.21. The number of amides is 1. The molecule has 1 aliphatic carbocycles. The van der Waals surface area contributed by atoms with Gasteiger partial charge in [0.25, 0.3) is 0 Å². The van der Waals surface area contributed by atoms with Gasteiger partial charge in [-0.2, -0.15) is 5.10 Å². The van der Waals surface area contributed by atoms with Crippen LogP contribution in [-0.2, 0) is 17.6 Å². The zero-order valence-corrected chi connectivity index (χ0v) is 15.3. The monoisotopic (exact) mass is 360 g/mol. The van der Waals surface area contributed by atoms with Crippen LogP contribution in [0.25, 0.3) is 5.69 Å². The molecule has 3 aromatic rings. The van der Waals surface area contributed by atoms with Gasteiger partial charge in [-0.3, -0.25) is 4.79 Å². The fraction of sp³-hybridized carbons (Fsp3) is 0.273. The third-order valence-corrected chi connectivity index (χ3v) is 5.11. The molecule has 5 nitrogen and oxygen atoms in total. The van der Waals surface area contributed by atoms with Gasteiger partial charge in [-0.05, 0) is 66.6 Å². The molecular weight excluding hydrogens is 336 g/mol. The number of aryl methyl sites for hydroxylation is 2. The fourth-order valence-corrected chi connectivity index (χ4v) is 3.72. The molecule has 1 heterocycles. The zero-order valence-electron chi connectivity index (χ0n) is 15.3. The van der Waals surface area contributed by atoms with Gasteiger partial charge < -0.3 is 11.1 Å². The number of fused-ring (bicyclic) bond motifs is 1. The summed E-state index contributed by atoms with van der Waals surface area (Å²) in [6.07, 6.45) is 8.05. The number of nitrogen functional groups attached to an aromatic ring is 1. The molecule has 0 radical (unpaired) electrons. The molecule has 5 heteroatoms. The average molecular weight is 360 g/mol. The summed E-state index contributed by atoms with van der Waals surface area (Å²) in [7, 11) is 0. The van der Waals surface area contributed by atoms with Gasteiger partial charge in [0, 0.05) is 18.3 Å². The molecule has 0 fully saturated rings. The van der Waals surface area contributed by atoms with E-state index in [2.05, 4.69) is 16.5 Å². The molecule has 1 amide bonds. The smallest absolute Gasteiger partial charge is 0.220 e. The van der Waals surface area contributed by atoms with Gasteiger partial charge in [-0.15, -0.1) is 0 Å². The zero-order chi connectivity index (χ0) is 18.6. The number of benzene rings is 2. The maximum absolute atomic E-state index is 12.5. The fourth-order valence-electron chi connectivity index (χ4n) is 3.72. The maximum atomic E-state index is 12.5. The van der Waals surface area contributed by atoms with Crippen LogP contribution >= 0.6 is 0 Å². The van der Waals surface area contributed by atoms with Crippen LogP contribution in [0.15, 0.2) is 60.9 Å². The second-order valence-corrected chi connectivity index (χ2v) is 7.10. The van der Waals surface area contributed by atoms with E-state index in [4.69, 9.17) is 5.73 Å². The number of aromatic nitrogens is 2. The van der Waals surface area contributed by atoms with Crippen molar-refractivity contribution < 1.29 is 4.79 Å². The molecular formula is C22H24N4O. The molecule has 1 unspecified atom stereocenters. The van der Waals surface area contributed by atoms with Crippen LogP contribution < -0.4 is 11.1 Å². The number of nitrogens with one attached hydrogen (secondary N) is 1. The highest BCUT2D eigenvalue weighted by atomic mass is 16.1. The molecule has 2 aromatic carbocycles. The Morgan fingerprint density at radius 3 is 2.93 bits per heavy atom. The predicted molar refractivity (Wildman–Crippen MR) is 107 cm³/mol. The van der Waals surface area contributed by atoms with Crippen molar-refractivity contribution in [2.75, 3.05) is 5.73 Å². The highest BCUT2D eigenvalue weighted by molar-refractivity contribution is 5.76. The first kappa shape index (κ1) is 17.3. The lowest BCUT2D eigenvalue weighted by molar-refractivity contribution is -0.121. The third-order valence-electron chi connectivity index (χ3n) is 5.11. The van der Waals surface area contributed by atoms with Crippen LogP contribution in [0.4, 0.5) is 5.69 Å². The average Bonchev–Trinajstić information content (AvgIpc) is 3.16. The Morgan fingerprint density at radius 2 is 2.07 bits per heavy atom. The Morgan fingerprint density at radius 1 is 1.22 bits per heavy atom. The van der Waals surface area contributed by atoms with Crippen molar-refractivity contribution >= 4 is 11.6 Å². The quantitative estimate of drug-likeness (QED) is 0.683. The molecule has 0 aliphatic heterocycles. The number of hydrogen-bond acceptors (Lipinski definition) is 3. The Bertz CT molecular complexity index is 932. The largest absolute Gasteiger partial charge is 0.399 e.